The van der Waals surface area contributed by atoms with Crippen molar-refractivity contribution >= 4 is 22.5 Å². The predicted octanol–water partition coefficient (Wildman–Crippen LogP) is 2.26. The molecular weight excluding hydrogens is 349 g/mol. The maximum absolute atomic E-state index is 13.4. The van der Waals surface area contributed by atoms with Crippen molar-refractivity contribution in [2.75, 3.05) is 0 Å². The molecule has 0 atom stereocenters. The Bertz CT molecular complexity index is 1260. The van der Waals surface area contributed by atoms with Crippen LogP contribution >= 0.6 is 0 Å². The van der Waals surface area contributed by atoms with Crippen LogP contribution in [-0.4, -0.2) is 25.7 Å². The van der Waals surface area contributed by atoms with E-state index in [0.29, 0.717) is 12.1 Å². The highest BCUT2D eigenvalue weighted by molar-refractivity contribution is 5.99. The number of carbonyl (C=O) groups excluding carboxylic acids is 1. The van der Waals surface area contributed by atoms with Gasteiger partial charge in [-0.05, 0) is 43.2 Å². The molecule has 0 bridgehead atoms. The smallest absolute Gasteiger partial charge is 0.277 e. The molecule has 4 rings (SSSR count). The Morgan fingerprint density at radius 2 is 2.04 bits per heavy atom. The van der Waals surface area contributed by atoms with Crippen LogP contribution in [0.1, 0.15) is 27.2 Å². The molecule has 2 N–H and O–H groups in total. The van der Waals surface area contributed by atoms with Crippen molar-refractivity contribution in [2.45, 2.75) is 20.4 Å². The van der Waals surface area contributed by atoms with Crippen LogP contribution in [0.15, 0.2) is 41.2 Å². The van der Waals surface area contributed by atoms with Crippen LogP contribution in [0, 0.1) is 19.7 Å². The second kappa shape index (κ2) is 6.31. The summed E-state index contributed by atoms with van der Waals surface area (Å²) in [5, 5.41) is 10.6. The van der Waals surface area contributed by atoms with Crippen LogP contribution in [0.25, 0.3) is 16.6 Å². The monoisotopic (exact) mass is 365 g/mol. The largest absolute Gasteiger partial charge is 0.346 e. The Morgan fingerprint density at radius 3 is 2.85 bits per heavy atom. The Labute approximate surface area is 152 Å². The zero-order valence-electron chi connectivity index (χ0n) is 14.7. The van der Waals surface area contributed by atoms with Crippen molar-refractivity contribution in [3.63, 3.8) is 0 Å². The fourth-order valence-electron chi connectivity index (χ4n) is 3.03. The molecule has 0 radical (unpaired) electrons. The average molecular weight is 365 g/mol. The summed E-state index contributed by atoms with van der Waals surface area (Å²) in [5.41, 5.74) is 3.24. The van der Waals surface area contributed by atoms with Crippen LogP contribution in [0.5, 0.6) is 0 Å². The Hall–Kier alpha value is -3.55. The van der Waals surface area contributed by atoms with Gasteiger partial charge in [0.1, 0.15) is 5.82 Å². The topological polar surface area (TPSA) is 92.2 Å². The molecule has 136 valence electrons. The summed E-state index contributed by atoms with van der Waals surface area (Å²) >= 11 is 0. The Kier molecular flexibility index (Phi) is 3.95. The molecule has 8 heteroatoms. The molecule has 2 heterocycles. The number of H-pyrrole nitrogens is 1. The Morgan fingerprint density at radius 1 is 1.22 bits per heavy atom. The lowest BCUT2D eigenvalue weighted by molar-refractivity contribution is 0.0947. The summed E-state index contributed by atoms with van der Waals surface area (Å²) in [6.07, 6.45) is 0. The molecule has 0 saturated heterocycles. The fourth-order valence-corrected chi connectivity index (χ4v) is 3.03. The number of aromatic amines is 1. The second-order valence-corrected chi connectivity index (χ2v) is 6.43. The molecule has 0 aliphatic heterocycles. The van der Waals surface area contributed by atoms with Gasteiger partial charge < -0.3 is 10.3 Å². The first-order chi connectivity index (χ1) is 12.9. The first-order valence-electron chi connectivity index (χ1n) is 8.35. The first-order valence-corrected chi connectivity index (χ1v) is 8.35. The van der Waals surface area contributed by atoms with E-state index in [4.69, 9.17) is 0 Å². The third kappa shape index (κ3) is 2.95. The molecule has 4 aromatic rings. The van der Waals surface area contributed by atoms with Crippen molar-refractivity contribution < 1.29 is 9.18 Å². The van der Waals surface area contributed by atoms with Crippen LogP contribution in [-0.2, 0) is 6.54 Å². The lowest BCUT2D eigenvalue weighted by atomic mass is 10.1. The maximum atomic E-state index is 13.4. The fraction of sp³-hybridized carbons (Fsp3) is 0.158. The number of fused-ring (bicyclic) bond motifs is 3. The van der Waals surface area contributed by atoms with E-state index >= 15 is 0 Å². The predicted molar refractivity (Wildman–Crippen MR) is 98.2 cm³/mol. The van der Waals surface area contributed by atoms with Gasteiger partial charge >= 0.3 is 0 Å². The molecule has 0 spiro atoms. The summed E-state index contributed by atoms with van der Waals surface area (Å²) in [4.78, 5) is 27.6. The highest BCUT2D eigenvalue weighted by Crippen LogP contribution is 2.15. The van der Waals surface area contributed by atoms with Gasteiger partial charge in [-0.15, -0.1) is 5.10 Å². The lowest BCUT2D eigenvalue weighted by Crippen LogP contribution is -2.25. The van der Waals surface area contributed by atoms with E-state index < -0.39 is 17.3 Å². The number of aromatic nitrogens is 4. The van der Waals surface area contributed by atoms with Gasteiger partial charge in [0.25, 0.3) is 11.5 Å². The first kappa shape index (κ1) is 16.9. The van der Waals surface area contributed by atoms with Crippen molar-refractivity contribution in [2.24, 2.45) is 0 Å². The average Bonchev–Trinajstić information content (AvgIpc) is 3.08. The molecular formula is C19H16FN5O2. The molecule has 2 aromatic carbocycles. The van der Waals surface area contributed by atoms with E-state index in [1.54, 1.807) is 0 Å². The van der Waals surface area contributed by atoms with Gasteiger partial charge in [-0.25, -0.2) is 8.91 Å². The lowest BCUT2D eigenvalue weighted by Gasteiger charge is -2.08. The van der Waals surface area contributed by atoms with E-state index in [9.17, 15) is 14.0 Å². The standard InChI is InChI=1S/C19H16FN5O2/c1-10-3-4-11(2)12(7-10)9-21-18(26)16-17-19(27)22-14-8-13(20)5-6-15(14)25(17)24-23-16/h3-8H,9H2,1-2H3,(H,21,26)(H,22,27). The molecule has 1 amide bonds. The molecule has 2 aromatic heterocycles. The molecule has 0 unspecified atom stereocenters. The third-order valence-corrected chi connectivity index (χ3v) is 4.48. The number of hydrogen-bond donors (Lipinski definition) is 2. The normalized spacial score (nSPS) is 11.2. The number of nitrogens with one attached hydrogen (secondary N) is 2. The number of hydrogen-bond acceptors (Lipinski definition) is 4. The van der Waals surface area contributed by atoms with E-state index in [1.165, 1.54) is 22.7 Å². The summed E-state index contributed by atoms with van der Waals surface area (Å²) in [7, 11) is 0. The highest BCUT2D eigenvalue weighted by atomic mass is 19.1. The Balaban J connectivity index is 1.71. The van der Waals surface area contributed by atoms with Gasteiger partial charge in [-0.3, -0.25) is 9.59 Å². The zero-order valence-corrected chi connectivity index (χ0v) is 14.7. The van der Waals surface area contributed by atoms with E-state index in [2.05, 4.69) is 20.6 Å². The number of nitrogens with zero attached hydrogens (tertiary/aromatic N) is 3. The number of carbonyl (C=O) groups is 1. The summed E-state index contributed by atoms with van der Waals surface area (Å²) in [5.74, 6) is -0.984. The summed E-state index contributed by atoms with van der Waals surface area (Å²) in [6.45, 7) is 4.25. The molecule has 27 heavy (non-hydrogen) atoms. The van der Waals surface area contributed by atoms with Gasteiger partial charge in [0.2, 0.25) is 0 Å². The molecule has 0 aliphatic carbocycles. The highest BCUT2D eigenvalue weighted by Gasteiger charge is 2.19. The second-order valence-electron chi connectivity index (χ2n) is 6.43. The zero-order chi connectivity index (χ0) is 19.1. The summed E-state index contributed by atoms with van der Waals surface area (Å²) < 4.78 is 14.6. The van der Waals surface area contributed by atoms with E-state index in [-0.39, 0.29) is 16.7 Å². The van der Waals surface area contributed by atoms with E-state index in [1.807, 2.05) is 32.0 Å². The number of rotatable bonds is 3. The minimum atomic E-state index is -0.560. The van der Waals surface area contributed by atoms with Gasteiger partial charge in [0.05, 0.1) is 11.0 Å². The third-order valence-electron chi connectivity index (χ3n) is 4.48. The molecule has 7 nitrogen and oxygen atoms in total. The van der Waals surface area contributed by atoms with Gasteiger partial charge in [0, 0.05) is 6.54 Å². The molecule has 0 aliphatic rings. The number of benzene rings is 2. The number of amides is 1. The summed E-state index contributed by atoms with van der Waals surface area (Å²) in [6, 6.07) is 9.90. The van der Waals surface area contributed by atoms with E-state index in [0.717, 1.165) is 16.7 Å². The minimum absolute atomic E-state index is 0.0209. The van der Waals surface area contributed by atoms with Crippen molar-refractivity contribution in [3.05, 3.63) is 75.0 Å². The van der Waals surface area contributed by atoms with Crippen molar-refractivity contribution in [1.82, 2.24) is 25.1 Å². The van der Waals surface area contributed by atoms with Crippen LogP contribution in [0.4, 0.5) is 4.39 Å². The maximum Gasteiger partial charge on any atom is 0.277 e. The SMILES string of the molecule is Cc1ccc(C)c(CNC(=O)c2nnn3c2c(=O)[nH]c2cc(F)ccc23)c1. The molecule has 0 saturated carbocycles. The molecule has 0 fully saturated rings. The van der Waals surface area contributed by atoms with Crippen molar-refractivity contribution in [1.29, 1.82) is 0 Å². The number of halogens is 1. The quantitative estimate of drug-likeness (QED) is 0.582. The van der Waals surface area contributed by atoms with Gasteiger partial charge in [-0.1, -0.05) is 29.0 Å². The van der Waals surface area contributed by atoms with Crippen LogP contribution in [0.3, 0.4) is 0 Å². The van der Waals surface area contributed by atoms with Crippen LogP contribution < -0.4 is 10.9 Å². The number of aryl methyl sites for hydroxylation is 2. The minimum Gasteiger partial charge on any atom is -0.346 e. The van der Waals surface area contributed by atoms with Crippen LogP contribution in [0.2, 0.25) is 0 Å². The van der Waals surface area contributed by atoms with Gasteiger partial charge in [0.15, 0.2) is 11.2 Å². The van der Waals surface area contributed by atoms with Gasteiger partial charge in [-0.2, -0.15) is 0 Å². The van der Waals surface area contributed by atoms with Crippen molar-refractivity contribution in [3.8, 4) is 0 Å².